The van der Waals surface area contributed by atoms with Crippen molar-refractivity contribution in [1.29, 1.82) is 0 Å². The van der Waals surface area contributed by atoms with Gasteiger partial charge >= 0.3 is 0 Å². The topological polar surface area (TPSA) is 115 Å². The summed E-state index contributed by atoms with van der Waals surface area (Å²) in [7, 11) is 3.69. The highest BCUT2D eigenvalue weighted by molar-refractivity contribution is 5.99. The van der Waals surface area contributed by atoms with Crippen molar-refractivity contribution in [3.8, 4) is 5.75 Å². The fourth-order valence-electron chi connectivity index (χ4n) is 3.66. The first-order valence-electron chi connectivity index (χ1n) is 10.7. The van der Waals surface area contributed by atoms with Crippen LogP contribution >= 0.6 is 0 Å². The van der Waals surface area contributed by atoms with Gasteiger partial charge in [0.05, 0.1) is 30.2 Å². The quantitative estimate of drug-likeness (QED) is 0.307. The van der Waals surface area contributed by atoms with E-state index in [1.165, 1.54) is 6.07 Å². The Labute approximate surface area is 196 Å². The van der Waals surface area contributed by atoms with Crippen molar-refractivity contribution in [3.63, 3.8) is 0 Å². The molecule has 178 valence electrons. The third kappa shape index (κ3) is 5.16. The summed E-state index contributed by atoms with van der Waals surface area (Å²) >= 11 is 0. The molecular formula is C23H26FN7O3. The number of aromatic nitrogens is 2. The summed E-state index contributed by atoms with van der Waals surface area (Å²) in [5.41, 5.74) is 3.64. The number of halogens is 1. The lowest BCUT2D eigenvalue weighted by Gasteiger charge is -2.34. The van der Waals surface area contributed by atoms with Gasteiger partial charge in [0, 0.05) is 37.9 Å². The van der Waals surface area contributed by atoms with Gasteiger partial charge in [0.25, 0.3) is 5.91 Å². The highest BCUT2D eigenvalue weighted by Crippen LogP contribution is 2.32. The molecule has 0 atom stereocenters. The van der Waals surface area contributed by atoms with Crippen LogP contribution in [0.15, 0.2) is 48.7 Å². The van der Waals surface area contributed by atoms with Gasteiger partial charge in [-0.15, -0.1) is 0 Å². The summed E-state index contributed by atoms with van der Waals surface area (Å²) in [4.78, 5) is 24.7. The molecule has 4 N–H and O–H groups in total. The number of nitrogens with zero attached hydrogens (tertiary/aromatic N) is 4. The second kappa shape index (κ2) is 10.3. The van der Waals surface area contributed by atoms with Crippen LogP contribution in [0.5, 0.6) is 5.75 Å². The average molecular weight is 468 g/mol. The minimum atomic E-state index is -0.735. The van der Waals surface area contributed by atoms with Crippen LogP contribution < -0.4 is 25.8 Å². The van der Waals surface area contributed by atoms with Crippen molar-refractivity contribution in [2.75, 3.05) is 55.9 Å². The molecule has 3 aromatic rings. The number of likely N-dealkylation sites (N-methyl/N-ethyl adjacent to an activating group) is 1. The third-order valence-corrected chi connectivity index (χ3v) is 5.57. The molecule has 1 aliphatic rings. The van der Waals surface area contributed by atoms with Gasteiger partial charge in [0.15, 0.2) is 11.6 Å². The number of carbonyl (C=O) groups is 1. The van der Waals surface area contributed by atoms with Crippen LogP contribution in [0.3, 0.4) is 0 Å². The molecular weight excluding hydrogens is 441 g/mol. The maximum Gasteiger partial charge on any atom is 0.276 e. The van der Waals surface area contributed by atoms with Gasteiger partial charge in [0.2, 0.25) is 5.95 Å². The number of benzene rings is 2. The standard InChI is InChI=1S/C23H26FN7O3/c1-30-9-11-31(12-10-30)15-7-8-19(20(13-15)34-2)27-23-25-14-17(24)21(28-23)26-18-6-4-3-5-16(18)22(32)29-33/h3-8,13-14,33H,9-12H2,1-2H3,(H,29,32)(H2,25,26,27,28). The Morgan fingerprint density at radius 3 is 2.59 bits per heavy atom. The number of amides is 1. The number of methoxy groups -OCH3 is 1. The van der Waals surface area contributed by atoms with E-state index in [0.29, 0.717) is 11.4 Å². The number of anilines is 5. The zero-order valence-corrected chi connectivity index (χ0v) is 18.9. The fraction of sp³-hybridized carbons (Fsp3) is 0.261. The Balaban J connectivity index is 1.55. The number of hydrogen-bond acceptors (Lipinski definition) is 9. The molecule has 2 aromatic carbocycles. The number of nitrogens with one attached hydrogen (secondary N) is 3. The largest absolute Gasteiger partial charge is 0.494 e. The van der Waals surface area contributed by atoms with E-state index in [9.17, 15) is 9.18 Å². The SMILES string of the molecule is COc1cc(N2CCN(C)CC2)ccc1Nc1ncc(F)c(Nc2ccccc2C(=O)NO)n1. The van der Waals surface area contributed by atoms with E-state index in [0.717, 1.165) is 38.1 Å². The molecule has 0 radical (unpaired) electrons. The Kier molecular flexibility index (Phi) is 7.04. The molecule has 0 aliphatic carbocycles. The lowest BCUT2D eigenvalue weighted by atomic mass is 10.1. The van der Waals surface area contributed by atoms with E-state index in [1.807, 2.05) is 18.2 Å². The highest BCUT2D eigenvalue weighted by atomic mass is 19.1. The number of para-hydroxylation sites is 1. The molecule has 10 nitrogen and oxygen atoms in total. The molecule has 0 unspecified atom stereocenters. The van der Waals surface area contributed by atoms with Crippen molar-refractivity contribution in [3.05, 3.63) is 60.0 Å². The molecule has 0 saturated carbocycles. The molecule has 1 amide bonds. The second-order valence-electron chi connectivity index (χ2n) is 7.80. The smallest absolute Gasteiger partial charge is 0.276 e. The zero-order valence-electron chi connectivity index (χ0n) is 18.9. The van der Waals surface area contributed by atoms with Gasteiger partial charge in [-0.1, -0.05) is 12.1 Å². The summed E-state index contributed by atoms with van der Waals surface area (Å²) < 4.78 is 20.0. The summed E-state index contributed by atoms with van der Waals surface area (Å²) in [5.74, 6) is -0.839. The van der Waals surface area contributed by atoms with Gasteiger partial charge in [-0.25, -0.2) is 14.9 Å². The van der Waals surface area contributed by atoms with Gasteiger partial charge in [-0.05, 0) is 31.3 Å². The molecule has 1 saturated heterocycles. The second-order valence-corrected chi connectivity index (χ2v) is 7.80. The number of hydrogen-bond donors (Lipinski definition) is 4. The number of rotatable bonds is 7. The van der Waals surface area contributed by atoms with E-state index < -0.39 is 11.7 Å². The van der Waals surface area contributed by atoms with Crippen LogP contribution in [0.4, 0.5) is 33.2 Å². The summed E-state index contributed by atoms with van der Waals surface area (Å²) in [6, 6.07) is 12.1. The summed E-state index contributed by atoms with van der Waals surface area (Å²) in [5, 5.41) is 14.8. The first-order chi connectivity index (χ1) is 16.5. The van der Waals surface area contributed by atoms with Gasteiger partial charge in [-0.3, -0.25) is 10.0 Å². The monoisotopic (exact) mass is 467 g/mol. The molecule has 11 heteroatoms. The zero-order chi connectivity index (χ0) is 24.1. The summed E-state index contributed by atoms with van der Waals surface area (Å²) in [6.45, 7) is 3.84. The van der Waals surface area contributed by atoms with Crippen molar-refractivity contribution >= 4 is 34.7 Å². The predicted molar refractivity (Wildman–Crippen MR) is 127 cm³/mol. The number of piperazine rings is 1. The van der Waals surface area contributed by atoms with Crippen molar-refractivity contribution in [2.45, 2.75) is 0 Å². The molecule has 0 bridgehead atoms. The average Bonchev–Trinajstić information content (AvgIpc) is 2.86. The summed E-state index contributed by atoms with van der Waals surface area (Å²) in [6.07, 6.45) is 1.03. The van der Waals surface area contributed by atoms with Crippen LogP contribution in [0.25, 0.3) is 0 Å². The van der Waals surface area contributed by atoms with Crippen molar-refractivity contribution in [2.24, 2.45) is 0 Å². The maximum atomic E-state index is 14.4. The first-order valence-corrected chi connectivity index (χ1v) is 10.7. The first kappa shape index (κ1) is 23.2. The Morgan fingerprint density at radius 1 is 1.09 bits per heavy atom. The molecule has 0 spiro atoms. The maximum absolute atomic E-state index is 14.4. The van der Waals surface area contributed by atoms with Crippen LogP contribution in [0, 0.1) is 5.82 Å². The van der Waals surface area contributed by atoms with Gasteiger partial charge in [0.1, 0.15) is 5.75 Å². The fourth-order valence-corrected chi connectivity index (χ4v) is 3.66. The van der Waals surface area contributed by atoms with Gasteiger partial charge in [-0.2, -0.15) is 4.98 Å². The Hall–Kier alpha value is -3.96. The lowest BCUT2D eigenvalue weighted by Crippen LogP contribution is -2.44. The number of carbonyl (C=O) groups excluding carboxylic acids is 1. The molecule has 1 aliphatic heterocycles. The van der Waals surface area contributed by atoms with Crippen molar-refractivity contribution in [1.82, 2.24) is 20.3 Å². The third-order valence-electron chi connectivity index (χ3n) is 5.57. The molecule has 1 fully saturated rings. The number of ether oxygens (including phenoxy) is 1. The van der Waals surface area contributed by atoms with Gasteiger partial charge < -0.3 is 25.2 Å². The normalized spacial score (nSPS) is 13.9. The van der Waals surface area contributed by atoms with Crippen LogP contribution in [0.2, 0.25) is 0 Å². The molecule has 4 rings (SSSR count). The predicted octanol–water partition coefficient (Wildman–Crippen LogP) is 2.98. The number of hydroxylamine groups is 1. The minimum Gasteiger partial charge on any atom is -0.494 e. The lowest BCUT2D eigenvalue weighted by molar-refractivity contribution is 0.0707. The van der Waals surface area contributed by atoms with E-state index in [-0.39, 0.29) is 23.0 Å². The van der Waals surface area contributed by atoms with Crippen LogP contribution in [-0.4, -0.2) is 66.3 Å². The molecule has 34 heavy (non-hydrogen) atoms. The Bertz CT molecular complexity index is 1170. The minimum absolute atomic E-state index is 0.124. The van der Waals surface area contributed by atoms with E-state index >= 15 is 0 Å². The van der Waals surface area contributed by atoms with E-state index in [4.69, 9.17) is 9.94 Å². The van der Waals surface area contributed by atoms with E-state index in [2.05, 4.69) is 37.4 Å². The van der Waals surface area contributed by atoms with Crippen molar-refractivity contribution < 1.29 is 19.1 Å². The van der Waals surface area contributed by atoms with Crippen LogP contribution in [-0.2, 0) is 0 Å². The molecule has 1 aromatic heterocycles. The van der Waals surface area contributed by atoms with E-state index in [1.54, 1.807) is 30.8 Å². The van der Waals surface area contributed by atoms with Crippen LogP contribution in [0.1, 0.15) is 10.4 Å². The Morgan fingerprint density at radius 2 is 1.85 bits per heavy atom. The molecule has 2 heterocycles. The highest BCUT2D eigenvalue weighted by Gasteiger charge is 2.17.